The van der Waals surface area contributed by atoms with Crippen molar-refractivity contribution in [2.24, 2.45) is 0 Å². The maximum Gasteiger partial charge on any atom is 0.307 e. The minimum Gasteiger partial charge on any atom is -0.449 e. The molecule has 1 saturated heterocycles. The summed E-state index contributed by atoms with van der Waals surface area (Å²) in [5.41, 5.74) is 0. The monoisotopic (exact) mass is 222 g/mol. The zero-order chi connectivity index (χ0) is 11.6. The van der Waals surface area contributed by atoms with Crippen LogP contribution in [0.2, 0.25) is 0 Å². The van der Waals surface area contributed by atoms with Crippen molar-refractivity contribution >= 4 is 5.97 Å². The molecule has 1 atom stereocenters. The minimum absolute atomic E-state index is 0.0983. The number of carbonyl (C=O) groups excluding carboxylic acids is 1. The van der Waals surface area contributed by atoms with E-state index < -0.39 is 0 Å². The fraction of sp³-hybridized carbons (Fsp3) is 0.786. The van der Waals surface area contributed by atoms with Gasteiger partial charge < -0.3 is 4.74 Å². The number of carbonyl (C=O) groups is 1. The van der Waals surface area contributed by atoms with Gasteiger partial charge in [-0.1, -0.05) is 50.9 Å². The lowest BCUT2D eigenvalue weighted by molar-refractivity contribution is -0.139. The minimum atomic E-state index is -0.118. The average Bonchev–Trinajstić information content (AvgIpc) is 2.68. The Balaban J connectivity index is 1.94. The van der Waals surface area contributed by atoms with Crippen LogP contribution in [0, 0.1) is 11.8 Å². The summed E-state index contributed by atoms with van der Waals surface area (Å²) in [6.07, 6.45) is 9.93. The summed E-state index contributed by atoms with van der Waals surface area (Å²) in [5, 5.41) is 0. The van der Waals surface area contributed by atoms with E-state index in [0.29, 0.717) is 6.42 Å². The van der Waals surface area contributed by atoms with E-state index in [0.717, 1.165) is 12.8 Å². The van der Waals surface area contributed by atoms with E-state index >= 15 is 0 Å². The van der Waals surface area contributed by atoms with Crippen LogP contribution in [-0.4, -0.2) is 12.1 Å². The van der Waals surface area contributed by atoms with Gasteiger partial charge in [0.1, 0.15) is 0 Å². The fourth-order valence-electron chi connectivity index (χ4n) is 1.81. The van der Waals surface area contributed by atoms with E-state index in [4.69, 9.17) is 4.74 Å². The first-order chi connectivity index (χ1) is 7.83. The van der Waals surface area contributed by atoms with Crippen molar-refractivity contribution in [3.8, 4) is 11.8 Å². The number of cyclic esters (lactones) is 1. The van der Waals surface area contributed by atoms with E-state index in [2.05, 4.69) is 18.8 Å². The second kappa shape index (κ2) is 8.21. The molecule has 0 saturated carbocycles. The van der Waals surface area contributed by atoms with Gasteiger partial charge >= 0.3 is 5.97 Å². The van der Waals surface area contributed by atoms with Crippen LogP contribution >= 0.6 is 0 Å². The summed E-state index contributed by atoms with van der Waals surface area (Å²) < 4.78 is 5.01. The molecule has 0 aliphatic carbocycles. The Labute approximate surface area is 98.8 Å². The smallest absolute Gasteiger partial charge is 0.307 e. The standard InChI is InChI=1S/C14H22O2/c1-2-3-4-5-6-7-8-9-10-13-11-12-14(15)16-13/h13H,2-8,11-12H2,1H3. The summed E-state index contributed by atoms with van der Waals surface area (Å²) in [6, 6.07) is 0. The lowest BCUT2D eigenvalue weighted by Crippen LogP contribution is -2.02. The first kappa shape index (κ1) is 13.1. The van der Waals surface area contributed by atoms with Crippen LogP contribution < -0.4 is 0 Å². The molecule has 1 aliphatic rings. The SMILES string of the molecule is CCCCCCCCC#CC1CCC(=O)O1. The molecular formula is C14H22O2. The molecule has 0 radical (unpaired) electrons. The van der Waals surface area contributed by atoms with Crippen molar-refractivity contribution in [2.45, 2.75) is 70.8 Å². The fourth-order valence-corrected chi connectivity index (χ4v) is 1.81. The second-order valence-corrected chi connectivity index (χ2v) is 4.36. The maximum absolute atomic E-state index is 10.8. The highest BCUT2D eigenvalue weighted by Gasteiger charge is 2.20. The molecule has 2 nitrogen and oxygen atoms in total. The van der Waals surface area contributed by atoms with Crippen molar-refractivity contribution < 1.29 is 9.53 Å². The van der Waals surface area contributed by atoms with Gasteiger partial charge in [0.05, 0.1) is 6.42 Å². The number of hydrogen-bond acceptors (Lipinski definition) is 2. The summed E-state index contributed by atoms with van der Waals surface area (Å²) in [6.45, 7) is 2.23. The van der Waals surface area contributed by atoms with Gasteiger partial charge in [0.25, 0.3) is 0 Å². The summed E-state index contributed by atoms with van der Waals surface area (Å²) in [7, 11) is 0. The van der Waals surface area contributed by atoms with Crippen LogP contribution in [0.5, 0.6) is 0 Å². The highest BCUT2D eigenvalue weighted by atomic mass is 16.5. The molecule has 0 bridgehead atoms. The van der Waals surface area contributed by atoms with Gasteiger partial charge in [0.15, 0.2) is 6.10 Å². The third-order valence-corrected chi connectivity index (χ3v) is 2.80. The first-order valence-electron chi connectivity index (χ1n) is 6.51. The van der Waals surface area contributed by atoms with Gasteiger partial charge in [-0.15, -0.1) is 0 Å². The Bertz CT molecular complexity index is 260. The van der Waals surface area contributed by atoms with E-state index in [1.807, 2.05) is 0 Å². The van der Waals surface area contributed by atoms with Crippen LogP contribution in [0.15, 0.2) is 0 Å². The van der Waals surface area contributed by atoms with E-state index in [1.165, 1.54) is 38.5 Å². The Kier molecular flexibility index (Phi) is 6.72. The molecule has 1 rings (SSSR count). The molecule has 0 aromatic rings. The van der Waals surface area contributed by atoms with Crippen LogP contribution in [0.4, 0.5) is 0 Å². The molecular weight excluding hydrogens is 200 g/mol. The van der Waals surface area contributed by atoms with Crippen molar-refractivity contribution in [1.82, 2.24) is 0 Å². The summed E-state index contributed by atoms with van der Waals surface area (Å²) >= 11 is 0. The quantitative estimate of drug-likeness (QED) is 0.391. The normalized spacial score (nSPS) is 19.1. The number of unbranched alkanes of at least 4 members (excludes halogenated alkanes) is 6. The molecule has 0 aromatic carbocycles. The predicted molar refractivity (Wildman–Crippen MR) is 64.9 cm³/mol. The Hall–Kier alpha value is -0.970. The highest BCUT2D eigenvalue weighted by Crippen LogP contribution is 2.12. The van der Waals surface area contributed by atoms with Gasteiger partial charge in [0.2, 0.25) is 0 Å². The van der Waals surface area contributed by atoms with Gasteiger partial charge in [-0.2, -0.15) is 0 Å². The first-order valence-corrected chi connectivity index (χ1v) is 6.51. The van der Waals surface area contributed by atoms with Gasteiger partial charge in [0, 0.05) is 12.8 Å². The lowest BCUT2D eigenvalue weighted by atomic mass is 10.1. The molecule has 0 amide bonds. The van der Waals surface area contributed by atoms with Crippen molar-refractivity contribution in [2.75, 3.05) is 0 Å². The third kappa shape index (κ3) is 5.80. The molecule has 0 spiro atoms. The Morgan fingerprint density at radius 3 is 2.69 bits per heavy atom. The van der Waals surface area contributed by atoms with E-state index in [-0.39, 0.29) is 12.1 Å². The number of rotatable bonds is 6. The molecule has 1 fully saturated rings. The number of hydrogen-bond donors (Lipinski definition) is 0. The molecule has 90 valence electrons. The molecule has 0 N–H and O–H groups in total. The van der Waals surface area contributed by atoms with Gasteiger partial charge in [-0.25, -0.2) is 0 Å². The third-order valence-electron chi connectivity index (χ3n) is 2.80. The largest absolute Gasteiger partial charge is 0.449 e. The zero-order valence-electron chi connectivity index (χ0n) is 10.3. The molecule has 1 unspecified atom stereocenters. The Morgan fingerprint density at radius 2 is 2.00 bits per heavy atom. The maximum atomic E-state index is 10.8. The zero-order valence-corrected chi connectivity index (χ0v) is 10.3. The number of esters is 1. The van der Waals surface area contributed by atoms with E-state index in [1.54, 1.807) is 0 Å². The van der Waals surface area contributed by atoms with Crippen molar-refractivity contribution in [3.63, 3.8) is 0 Å². The van der Waals surface area contributed by atoms with Gasteiger partial charge in [-0.05, 0) is 6.42 Å². The molecule has 1 heterocycles. The van der Waals surface area contributed by atoms with Crippen molar-refractivity contribution in [1.29, 1.82) is 0 Å². The van der Waals surface area contributed by atoms with Crippen LogP contribution in [0.3, 0.4) is 0 Å². The highest BCUT2D eigenvalue weighted by molar-refractivity contribution is 5.72. The Morgan fingerprint density at radius 1 is 1.25 bits per heavy atom. The second-order valence-electron chi connectivity index (χ2n) is 4.36. The summed E-state index contributed by atoms with van der Waals surface area (Å²) in [5.74, 6) is 6.03. The topological polar surface area (TPSA) is 26.3 Å². The molecule has 16 heavy (non-hydrogen) atoms. The van der Waals surface area contributed by atoms with Crippen LogP contribution in [0.25, 0.3) is 0 Å². The average molecular weight is 222 g/mol. The summed E-state index contributed by atoms with van der Waals surface area (Å²) in [4.78, 5) is 10.8. The number of ether oxygens (including phenoxy) is 1. The van der Waals surface area contributed by atoms with Gasteiger partial charge in [-0.3, -0.25) is 4.79 Å². The predicted octanol–water partition coefficient (Wildman–Crippen LogP) is 3.45. The van der Waals surface area contributed by atoms with E-state index in [9.17, 15) is 4.79 Å². The lowest BCUT2D eigenvalue weighted by Gasteiger charge is -1.98. The molecule has 2 heteroatoms. The van der Waals surface area contributed by atoms with Crippen LogP contribution in [-0.2, 0) is 9.53 Å². The van der Waals surface area contributed by atoms with Crippen LogP contribution in [0.1, 0.15) is 64.7 Å². The molecule has 1 aliphatic heterocycles. The van der Waals surface area contributed by atoms with Crippen molar-refractivity contribution in [3.05, 3.63) is 0 Å². The molecule has 0 aromatic heterocycles.